The molecule has 0 unspecified atom stereocenters. The summed E-state index contributed by atoms with van der Waals surface area (Å²) in [5.41, 5.74) is 0.821. The van der Waals surface area contributed by atoms with Crippen LogP contribution in [-0.2, 0) is 5.60 Å². The van der Waals surface area contributed by atoms with Gasteiger partial charge in [-0.15, -0.1) is 0 Å². The van der Waals surface area contributed by atoms with E-state index in [0.717, 1.165) is 23.4 Å². The number of benzene rings is 1. The van der Waals surface area contributed by atoms with Gasteiger partial charge in [0.25, 0.3) is 0 Å². The van der Waals surface area contributed by atoms with Gasteiger partial charge in [-0.3, -0.25) is 4.98 Å². The fraction of sp³-hybridized carbons (Fsp3) is 0.353. The van der Waals surface area contributed by atoms with Gasteiger partial charge >= 0.3 is 0 Å². The largest absolute Gasteiger partial charge is 0.497 e. The molecule has 2 aromatic rings. The zero-order valence-corrected chi connectivity index (χ0v) is 12.2. The van der Waals surface area contributed by atoms with Crippen molar-refractivity contribution >= 4 is 0 Å². The van der Waals surface area contributed by atoms with Crippen molar-refractivity contribution in [1.29, 1.82) is 0 Å². The van der Waals surface area contributed by atoms with Gasteiger partial charge in [0.2, 0.25) is 0 Å². The third-order valence-electron chi connectivity index (χ3n) is 3.81. The first kappa shape index (κ1) is 14.5. The zero-order valence-electron chi connectivity index (χ0n) is 12.2. The Labute approximate surface area is 120 Å². The van der Waals surface area contributed by atoms with Crippen molar-refractivity contribution < 1.29 is 9.84 Å². The van der Waals surface area contributed by atoms with Gasteiger partial charge in [0.15, 0.2) is 0 Å². The summed E-state index contributed by atoms with van der Waals surface area (Å²) in [6.07, 6.45) is 2.58. The van der Waals surface area contributed by atoms with Crippen LogP contribution in [0.25, 0.3) is 0 Å². The molecule has 0 saturated heterocycles. The smallest absolute Gasteiger partial charge is 0.118 e. The predicted octanol–water partition coefficient (Wildman–Crippen LogP) is 3.49. The average Bonchev–Trinajstić information content (AvgIpc) is 2.49. The summed E-state index contributed by atoms with van der Waals surface area (Å²) in [7, 11) is 1.63. The third kappa shape index (κ3) is 2.83. The van der Waals surface area contributed by atoms with Crippen LogP contribution in [0.5, 0.6) is 5.75 Å². The third-order valence-corrected chi connectivity index (χ3v) is 3.81. The monoisotopic (exact) mass is 271 g/mol. The molecule has 106 valence electrons. The second-order valence-corrected chi connectivity index (χ2v) is 5.09. The molecule has 0 aliphatic carbocycles. The number of nitrogens with zero attached hydrogens (tertiary/aromatic N) is 1. The molecule has 2 atom stereocenters. The standard InChI is InChI=1S/C17H21NO2/c1-4-15(16-7-5-6-12-18-16)17(2,19)13-8-10-14(20-3)11-9-13/h5-12,15,19H,4H2,1-3H3/t15-,17+/m0/s1. The highest BCUT2D eigenvalue weighted by Gasteiger charge is 2.34. The molecule has 0 bridgehead atoms. The van der Waals surface area contributed by atoms with Crippen molar-refractivity contribution in [2.45, 2.75) is 31.8 Å². The second-order valence-electron chi connectivity index (χ2n) is 5.09. The van der Waals surface area contributed by atoms with E-state index in [2.05, 4.69) is 11.9 Å². The van der Waals surface area contributed by atoms with E-state index in [0.29, 0.717) is 0 Å². The Kier molecular flexibility index (Phi) is 4.40. The molecule has 3 nitrogen and oxygen atoms in total. The summed E-state index contributed by atoms with van der Waals surface area (Å²) in [6, 6.07) is 13.4. The Hall–Kier alpha value is -1.87. The van der Waals surface area contributed by atoms with Crippen LogP contribution < -0.4 is 4.74 Å². The molecule has 0 fully saturated rings. The number of aliphatic hydroxyl groups is 1. The van der Waals surface area contributed by atoms with Gasteiger partial charge in [-0.25, -0.2) is 0 Å². The van der Waals surface area contributed by atoms with Crippen LogP contribution in [-0.4, -0.2) is 17.2 Å². The highest BCUT2D eigenvalue weighted by molar-refractivity contribution is 5.33. The minimum Gasteiger partial charge on any atom is -0.497 e. The van der Waals surface area contributed by atoms with Crippen LogP contribution in [0.1, 0.15) is 37.4 Å². The Balaban J connectivity index is 2.35. The number of pyridine rings is 1. The lowest BCUT2D eigenvalue weighted by Gasteiger charge is -2.32. The van der Waals surface area contributed by atoms with Crippen LogP contribution in [0.2, 0.25) is 0 Å². The first-order valence-electron chi connectivity index (χ1n) is 6.87. The number of aromatic nitrogens is 1. The zero-order chi connectivity index (χ0) is 14.6. The first-order valence-corrected chi connectivity index (χ1v) is 6.87. The van der Waals surface area contributed by atoms with Crippen molar-refractivity contribution in [3.05, 3.63) is 59.9 Å². The van der Waals surface area contributed by atoms with Crippen molar-refractivity contribution in [2.75, 3.05) is 7.11 Å². The van der Waals surface area contributed by atoms with Gasteiger partial charge in [-0.05, 0) is 43.2 Å². The van der Waals surface area contributed by atoms with Gasteiger partial charge in [-0.2, -0.15) is 0 Å². The van der Waals surface area contributed by atoms with Crippen LogP contribution in [0.4, 0.5) is 0 Å². The lowest BCUT2D eigenvalue weighted by Crippen LogP contribution is -2.30. The highest BCUT2D eigenvalue weighted by Crippen LogP contribution is 2.38. The summed E-state index contributed by atoms with van der Waals surface area (Å²) >= 11 is 0. The maximum atomic E-state index is 11.0. The molecular weight excluding hydrogens is 250 g/mol. The average molecular weight is 271 g/mol. The SMILES string of the molecule is CC[C@@H](c1ccccn1)[C@](C)(O)c1ccc(OC)cc1. The fourth-order valence-electron chi connectivity index (χ4n) is 2.61. The summed E-state index contributed by atoms with van der Waals surface area (Å²) in [5, 5.41) is 11.0. The molecule has 1 aromatic carbocycles. The van der Waals surface area contributed by atoms with Gasteiger partial charge in [-0.1, -0.05) is 25.1 Å². The summed E-state index contributed by atoms with van der Waals surface area (Å²) in [5.74, 6) is 0.743. The summed E-state index contributed by atoms with van der Waals surface area (Å²) < 4.78 is 5.16. The van der Waals surface area contributed by atoms with Crippen molar-refractivity contribution in [2.24, 2.45) is 0 Å². The number of ether oxygens (including phenoxy) is 1. The minimum absolute atomic E-state index is 0.0444. The van der Waals surface area contributed by atoms with E-state index >= 15 is 0 Å². The maximum absolute atomic E-state index is 11.0. The first-order chi connectivity index (χ1) is 9.59. The van der Waals surface area contributed by atoms with E-state index in [-0.39, 0.29) is 5.92 Å². The van der Waals surface area contributed by atoms with Gasteiger partial charge < -0.3 is 9.84 Å². The van der Waals surface area contributed by atoms with E-state index < -0.39 is 5.60 Å². The molecule has 3 heteroatoms. The Morgan fingerprint density at radius 1 is 1.20 bits per heavy atom. The molecule has 0 aliphatic heterocycles. The quantitative estimate of drug-likeness (QED) is 0.905. The number of hydrogen-bond donors (Lipinski definition) is 1. The van der Waals surface area contributed by atoms with E-state index in [9.17, 15) is 5.11 Å². The molecule has 1 N–H and O–H groups in total. The number of rotatable bonds is 5. The molecule has 0 aliphatic rings. The maximum Gasteiger partial charge on any atom is 0.118 e. The lowest BCUT2D eigenvalue weighted by molar-refractivity contribution is 0.0235. The number of hydrogen-bond acceptors (Lipinski definition) is 3. The fourth-order valence-corrected chi connectivity index (χ4v) is 2.61. The lowest BCUT2D eigenvalue weighted by atomic mass is 9.79. The molecule has 0 amide bonds. The van der Waals surface area contributed by atoms with E-state index in [1.807, 2.05) is 49.4 Å². The minimum atomic E-state index is -0.963. The molecule has 1 heterocycles. The normalized spacial score (nSPS) is 15.4. The van der Waals surface area contributed by atoms with E-state index in [1.54, 1.807) is 13.3 Å². The van der Waals surface area contributed by atoms with Gasteiger partial charge in [0, 0.05) is 17.8 Å². The van der Waals surface area contributed by atoms with Crippen molar-refractivity contribution in [3.8, 4) is 5.75 Å². The topological polar surface area (TPSA) is 42.4 Å². The summed E-state index contributed by atoms with van der Waals surface area (Å²) in [4.78, 5) is 4.39. The predicted molar refractivity (Wildman–Crippen MR) is 79.8 cm³/mol. The molecule has 0 radical (unpaired) electrons. The van der Waals surface area contributed by atoms with Crippen LogP contribution in [0.15, 0.2) is 48.7 Å². The van der Waals surface area contributed by atoms with Crippen LogP contribution in [0, 0.1) is 0 Å². The molecular formula is C17H21NO2. The Morgan fingerprint density at radius 3 is 2.40 bits per heavy atom. The van der Waals surface area contributed by atoms with Gasteiger partial charge in [0.05, 0.1) is 12.7 Å². The van der Waals surface area contributed by atoms with Crippen molar-refractivity contribution in [3.63, 3.8) is 0 Å². The van der Waals surface area contributed by atoms with Crippen molar-refractivity contribution in [1.82, 2.24) is 4.98 Å². The Bertz CT molecular complexity index is 535. The van der Waals surface area contributed by atoms with E-state index in [1.165, 1.54) is 0 Å². The molecule has 0 saturated carbocycles. The Morgan fingerprint density at radius 2 is 1.90 bits per heavy atom. The summed E-state index contributed by atoms with van der Waals surface area (Å²) in [6.45, 7) is 3.91. The second kappa shape index (κ2) is 6.06. The molecule has 20 heavy (non-hydrogen) atoms. The van der Waals surface area contributed by atoms with Crippen LogP contribution >= 0.6 is 0 Å². The number of methoxy groups -OCH3 is 1. The van der Waals surface area contributed by atoms with Crippen LogP contribution in [0.3, 0.4) is 0 Å². The molecule has 1 aromatic heterocycles. The van der Waals surface area contributed by atoms with Gasteiger partial charge in [0.1, 0.15) is 5.75 Å². The molecule has 2 rings (SSSR count). The van der Waals surface area contributed by atoms with E-state index in [4.69, 9.17) is 4.74 Å². The molecule has 0 spiro atoms. The highest BCUT2D eigenvalue weighted by atomic mass is 16.5.